The molecule has 0 amide bonds. The summed E-state index contributed by atoms with van der Waals surface area (Å²) in [5, 5.41) is 10.2. The van der Waals surface area contributed by atoms with Crippen LogP contribution in [-0.4, -0.2) is 9.13 Å². The van der Waals surface area contributed by atoms with Crippen LogP contribution >= 0.6 is 11.3 Å². The molecule has 0 fully saturated rings. The first-order valence-corrected chi connectivity index (χ1v) is 19.6. The Morgan fingerprint density at radius 3 is 1.71 bits per heavy atom. The second kappa shape index (κ2) is 11.8. The predicted octanol–water partition coefficient (Wildman–Crippen LogP) is 14.7. The highest BCUT2D eigenvalue weighted by molar-refractivity contribution is 7.25. The van der Waals surface area contributed by atoms with E-state index in [9.17, 15) is 0 Å². The maximum Gasteiger partial charge on any atom is 0.0555 e. The third-order valence-corrected chi connectivity index (χ3v) is 12.6. The van der Waals surface area contributed by atoms with Crippen molar-refractivity contribution in [3.63, 3.8) is 0 Å². The van der Waals surface area contributed by atoms with Gasteiger partial charge in [0.25, 0.3) is 0 Å². The standard InChI is InChI=1S/C52H32N2S/c1-2-11-33(12-3-1)36-15-10-16-39(27-36)53-47-19-8-6-17-41(47)43-29-37(22-25-48(43)53)38-23-26-49-44(30-38)45-31-46-42-18-7-9-20-51(42)55-52(46)32-50(45)54(49)40-24-21-34-13-4-5-14-35(34)28-40/h1-32H. The largest absolute Gasteiger partial charge is 0.309 e. The molecule has 0 saturated carbocycles. The van der Waals surface area contributed by atoms with Gasteiger partial charge in [-0.3, -0.25) is 0 Å². The van der Waals surface area contributed by atoms with Gasteiger partial charge in [-0.25, -0.2) is 0 Å². The molecule has 12 rings (SSSR count). The molecule has 0 N–H and O–H groups in total. The second-order valence-corrected chi connectivity index (χ2v) is 15.6. The average Bonchev–Trinajstić information content (AvgIpc) is 3.89. The minimum Gasteiger partial charge on any atom is -0.309 e. The zero-order valence-corrected chi connectivity index (χ0v) is 30.6. The summed E-state index contributed by atoms with van der Waals surface area (Å²) in [5.74, 6) is 0. The van der Waals surface area contributed by atoms with E-state index in [0.29, 0.717) is 0 Å². The van der Waals surface area contributed by atoms with Crippen molar-refractivity contribution in [1.82, 2.24) is 9.13 Å². The van der Waals surface area contributed by atoms with Crippen molar-refractivity contribution in [1.29, 1.82) is 0 Å². The fraction of sp³-hybridized carbons (Fsp3) is 0. The third-order valence-electron chi connectivity index (χ3n) is 11.5. The summed E-state index contributed by atoms with van der Waals surface area (Å²) >= 11 is 1.88. The molecule has 0 aliphatic rings. The van der Waals surface area contributed by atoms with Crippen LogP contribution in [-0.2, 0) is 0 Å². The Labute approximate surface area is 321 Å². The van der Waals surface area contributed by atoms with Gasteiger partial charge in [-0.05, 0) is 106 Å². The SMILES string of the molecule is c1ccc(-c2cccc(-n3c4ccccc4c4cc(-c5ccc6c(c5)c5cc7c(cc5n6-c5ccc6ccccc6c5)sc5ccccc57)ccc43)c2)cc1. The number of fused-ring (bicyclic) bond motifs is 10. The molecule has 256 valence electrons. The Bertz CT molecular complexity index is 3490. The number of aromatic nitrogens is 2. The van der Waals surface area contributed by atoms with Crippen LogP contribution in [0.3, 0.4) is 0 Å². The highest BCUT2D eigenvalue weighted by Crippen LogP contribution is 2.43. The first kappa shape index (κ1) is 30.5. The summed E-state index contributed by atoms with van der Waals surface area (Å²) in [6.45, 7) is 0. The van der Waals surface area contributed by atoms with E-state index in [1.54, 1.807) is 0 Å². The van der Waals surface area contributed by atoms with Gasteiger partial charge in [0.05, 0.1) is 22.1 Å². The first-order chi connectivity index (χ1) is 27.2. The van der Waals surface area contributed by atoms with Gasteiger partial charge in [0, 0.05) is 53.1 Å². The smallest absolute Gasteiger partial charge is 0.0555 e. The first-order valence-electron chi connectivity index (χ1n) is 18.8. The Morgan fingerprint density at radius 1 is 0.273 bits per heavy atom. The highest BCUT2D eigenvalue weighted by atomic mass is 32.1. The van der Waals surface area contributed by atoms with Crippen molar-refractivity contribution in [2.75, 3.05) is 0 Å². The number of nitrogens with zero attached hydrogens (tertiary/aromatic N) is 2. The van der Waals surface area contributed by atoms with E-state index in [-0.39, 0.29) is 0 Å². The molecule has 0 aliphatic heterocycles. The van der Waals surface area contributed by atoms with Crippen LogP contribution in [0.1, 0.15) is 0 Å². The lowest BCUT2D eigenvalue weighted by molar-refractivity contribution is 1.18. The van der Waals surface area contributed by atoms with Crippen molar-refractivity contribution < 1.29 is 0 Å². The summed E-state index contributed by atoms with van der Waals surface area (Å²) in [6.07, 6.45) is 0. The third kappa shape index (κ3) is 4.67. The molecule has 9 aromatic carbocycles. The minimum absolute atomic E-state index is 1.16. The Balaban J connectivity index is 1.07. The molecule has 0 aliphatic carbocycles. The van der Waals surface area contributed by atoms with E-state index in [4.69, 9.17) is 0 Å². The van der Waals surface area contributed by atoms with Crippen LogP contribution in [0, 0.1) is 0 Å². The second-order valence-electron chi connectivity index (χ2n) is 14.6. The van der Waals surface area contributed by atoms with E-state index in [0.717, 1.165) is 5.69 Å². The van der Waals surface area contributed by atoms with Crippen LogP contribution < -0.4 is 0 Å². The van der Waals surface area contributed by atoms with Gasteiger partial charge in [-0.2, -0.15) is 0 Å². The molecule has 12 aromatic rings. The zero-order valence-electron chi connectivity index (χ0n) is 29.8. The average molecular weight is 717 g/mol. The van der Waals surface area contributed by atoms with E-state index in [1.807, 2.05) is 11.3 Å². The van der Waals surface area contributed by atoms with Crippen LogP contribution in [0.4, 0.5) is 0 Å². The maximum atomic E-state index is 2.46. The van der Waals surface area contributed by atoms with E-state index in [2.05, 4.69) is 203 Å². The normalized spacial score (nSPS) is 12.0. The number of hydrogen-bond acceptors (Lipinski definition) is 1. The fourth-order valence-electron chi connectivity index (χ4n) is 8.90. The van der Waals surface area contributed by atoms with Crippen molar-refractivity contribution in [2.45, 2.75) is 0 Å². The van der Waals surface area contributed by atoms with Crippen LogP contribution in [0.5, 0.6) is 0 Å². The van der Waals surface area contributed by atoms with Gasteiger partial charge in [-0.15, -0.1) is 11.3 Å². The Kier molecular flexibility index (Phi) is 6.54. The number of benzene rings is 9. The summed E-state index contributed by atoms with van der Waals surface area (Å²) in [7, 11) is 0. The van der Waals surface area contributed by atoms with Gasteiger partial charge in [-0.1, -0.05) is 121 Å². The van der Waals surface area contributed by atoms with Crippen LogP contribution in [0.2, 0.25) is 0 Å². The van der Waals surface area contributed by atoms with Crippen LogP contribution in [0.25, 0.3) is 108 Å². The molecular weight excluding hydrogens is 685 g/mol. The molecule has 0 bridgehead atoms. The molecule has 2 nitrogen and oxygen atoms in total. The van der Waals surface area contributed by atoms with Gasteiger partial charge >= 0.3 is 0 Å². The molecule has 0 radical (unpaired) electrons. The lowest BCUT2D eigenvalue weighted by Crippen LogP contribution is -1.94. The molecule has 0 spiro atoms. The maximum absolute atomic E-state index is 2.46. The lowest BCUT2D eigenvalue weighted by atomic mass is 10.00. The fourth-order valence-corrected chi connectivity index (χ4v) is 10.0. The molecule has 0 atom stereocenters. The number of para-hydroxylation sites is 1. The van der Waals surface area contributed by atoms with Gasteiger partial charge in [0.2, 0.25) is 0 Å². The molecule has 0 saturated heterocycles. The molecule has 3 heterocycles. The molecular formula is C52H32N2S. The number of rotatable bonds is 4. The monoisotopic (exact) mass is 716 g/mol. The Morgan fingerprint density at radius 2 is 0.873 bits per heavy atom. The highest BCUT2D eigenvalue weighted by Gasteiger charge is 2.18. The Hall–Kier alpha value is -6.94. The van der Waals surface area contributed by atoms with Crippen molar-refractivity contribution in [3.05, 3.63) is 194 Å². The quantitative estimate of drug-likeness (QED) is 0.172. The van der Waals surface area contributed by atoms with Crippen LogP contribution in [0.15, 0.2) is 194 Å². The minimum atomic E-state index is 1.16. The van der Waals surface area contributed by atoms with E-state index in [1.165, 1.54) is 102 Å². The predicted molar refractivity (Wildman–Crippen MR) is 236 cm³/mol. The molecule has 3 heteroatoms. The molecule has 3 aromatic heterocycles. The molecule has 0 unspecified atom stereocenters. The van der Waals surface area contributed by atoms with Gasteiger partial charge in [0.15, 0.2) is 0 Å². The van der Waals surface area contributed by atoms with Crippen molar-refractivity contribution >= 4 is 85.9 Å². The van der Waals surface area contributed by atoms with E-state index >= 15 is 0 Å². The summed E-state index contributed by atoms with van der Waals surface area (Å²) in [4.78, 5) is 0. The number of hydrogen-bond donors (Lipinski definition) is 0. The summed E-state index contributed by atoms with van der Waals surface area (Å²) in [5.41, 5.74) is 12.1. The zero-order chi connectivity index (χ0) is 36.0. The summed E-state index contributed by atoms with van der Waals surface area (Å²) < 4.78 is 7.52. The topological polar surface area (TPSA) is 9.86 Å². The van der Waals surface area contributed by atoms with Crippen molar-refractivity contribution in [2.24, 2.45) is 0 Å². The van der Waals surface area contributed by atoms with Gasteiger partial charge in [0.1, 0.15) is 0 Å². The lowest BCUT2D eigenvalue weighted by Gasteiger charge is -2.11. The van der Waals surface area contributed by atoms with Gasteiger partial charge < -0.3 is 9.13 Å². The number of thiophene rings is 1. The van der Waals surface area contributed by atoms with E-state index < -0.39 is 0 Å². The summed E-state index contributed by atoms with van der Waals surface area (Å²) in [6, 6.07) is 71.5. The van der Waals surface area contributed by atoms with Crippen molar-refractivity contribution in [3.8, 4) is 33.6 Å². The molecule has 55 heavy (non-hydrogen) atoms.